The maximum atomic E-state index is 12.4. The van der Waals surface area contributed by atoms with Crippen LogP contribution in [0, 0.1) is 6.92 Å². The van der Waals surface area contributed by atoms with Crippen LogP contribution in [0.15, 0.2) is 40.1 Å². The monoisotopic (exact) mass is 487 g/mol. The number of carbonyl (C=O) groups excluding carboxylic acids is 2. The first-order valence-corrected chi connectivity index (χ1v) is 11.7. The lowest BCUT2D eigenvalue weighted by atomic mass is 10.1. The van der Waals surface area contributed by atoms with Crippen molar-refractivity contribution in [3.63, 3.8) is 0 Å². The molecule has 3 N–H and O–H groups in total. The van der Waals surface area contributed by atoms with Gasteiger partial charge in [0.25, 0.3) is 17.4 Å². The fraction of sp³-hybridized carbons (Fsp3) is 0.500. The van der Waals surface area contributed by atoms with Crippen LogP contribution in [-0.4, -0.2) is 74.5 Å². The molecule has 1 saturated heterocycles. The molecular formula is C24H29N3O8. The lowest BCUT2D eigenvalue weighted by molar-refractivity contribution is -0.0750. The van der Waals surface area contributed by atoms with Crippen LogP contribution in [0.2, 0.25) is 0 Å². The summed E-state index contributed by atoms with van der Waals surface area (Å²) in [5.74, 6) is -0.525. The first kappa shape index (κ1) is 25.0. The van der Waals surface area contributed by atoms with Crippen molar-refractivity contribution in [2.75, 3.05) is 19.8 Å². The minimum atomic E-state index is -1.15. The van der Waals surface area contributed by atoms with Crippen LogP contribution >= 0.6 is 0 Å². The smallest absolute Gasteiger partial charge is 0.330 e. The van der Waals surface area contributed by atoms with Gasteiger partial charge >= 0.3 is 5.69 Å². The number of nitrogens with zero attached hydrogens (tertiary/aromatic N) is 2. The predicted molar refractivity (Wildman–Crippen MR) is 123 cm³/mol. The quantitative estimate of drug-likeness (QED) is 0.321. The summed E-state index contributed by atoms with van der Waals surface area (Å²) >= 11 is 0. The van der Waals surface area contributed by atoms with Gasteiger partial charge in [0.1, 0.15) is 18.3 Å². The molecule has 1 aromatic heterocycles. The zero-order valence-electron chi connectivity index (χ0n) is 19.4. The van der Waals surface area contributed by atoms with Gasteiger partial charge in [-0.15, -0.1) is 0 Å². The average molecular weight is 488 g/mol. The molecule has 11 heteroatoms. The largest absolute Gasteiger partial charge is 0.394 e. The molecule has 0 radical (unpaired) electrons. The number of ether oxygens (including phenoxy) is 2. The van der Waals surface area contributed by atoms with E-state index in [0.29, 0.717) is 36.1 Å². The Labute approximate surface area is 200 Å². The molecule has 0 spiro atoms. The number of aliphatic hydroxyl groups is 2. The number of nitrogens with one attached hydrogen (secondary N) is 1. The number of aliphatic hydroxyl groups excluding tert-OH is 2. The molecule has 0 bridgehead atoms. The Hall–Kier alpha value is -3.12. The zero-order valence-corrected chi connectivity index (χ0v) is 19.4. The summed E-state index contributed by atoms with van der Waals surface area (Å²) in [5, 5.41) is 20.0. The van der Waals surface area contributed by atoms with E-state index in [-0.39, 0.29) is 18.4 Å². The van der Waals surface area contributed by atoms with Crippen LogP contribution in [0.4, 0.5) is 0 Å². The van der Waals surface area contributed by atoms with E-state index in [2.05, 4.69) is 4.98 Å². The molecular weight excluding hydrogens is 458 g/mol. The van der Waals surface area contributed by atoms with Crippen LogP contribution in [0.1, 0.15) is 58.2 Å². The van der Waals surface area contributed by atoms with Crippen molar-refractivity contribution in [1.29, 1.82) is 0 Å². The van der Waals surface area contributed by atoms with Gasteiger partial charge in [-0.25, -0.2) is 4.79 Å². The summed E-state index contributed by atoms with van der Waals surface area (Å²) in [6.07, 6.45) is 0.173. The van der Waals surface area contributed by atoms with Crippen molar-refractivity contribution < 1.29 is 29.3 Å². The van der Waals surface area contributed by atoms with Gasteiger partial charge in [0, 0.05) is 24.9 Å². The molecule has 0 saturated carbocycles. The number of benzene rings is 1. The van der Waals surface area contributed by atoms with E-state index in [4.69, 9.17) is 9.47 Å². The molecule has 1 fully saturated rings. The number of H-pyrrole nitrogens is 1. The number of carbonyl (C=O) groups is 2. The van der Waals surface area contributed by atoms with Crippen LogP contribution in [0.3, 0.4) is 0 Å². The number of hydrogen-bond donors (Lipinski definition) is 3. The van der Waals surface area contributed by atoms with E-state index in [1.165, 1.54) is 11.1 Å². The lowest BCUT2D eigenvalue weighted by Gasteiger charge is -2.22. The van der Waals surface area contributed by atoms with E-state index in [1.54, 1.807) is 31.2 Å². The molecule has 0 aliphatic carbocycles. The summed E-state index contributed by atoms with van der Waals surface area (Å²) in [6, 6.07) is 6.79. The molecule has 3 heterocycles. The summed E-state index contributed by atoms with van der Waals surface area (Å²) in [5.41, 5.74) is -0.0289. The summed E-state index contributed by atoms with van der Waals surface area (Å²) in [4.78, 5) is 52.2. The lowest BCUT2D eigenvalue weighted by Crippen LogP contribution is -2.40. The minimum Gasteiger partial charge on any atom is -0.394 e. The third-order valence-corrected chi connectivity index (χ3v) is 6.38. The number of amides is 2. The molecule has 2 aliphatic rings. The Bertz CT molecular complexity index is 1170. The van der Waals surface area contributed by atoms with E-state index in [9.17, 15) is 29.4 Å². The molecule has 188 valence electrons. The molecule has 35 heavy (non-hydrogen) atoms. The Morgan fingerprint density at radius 1 is 1.03 bits per heavy atom. The highest BCUT2D eigenvalue weighted by molar-refractivity contribution is 6.21. The molecule has 2 unspecified atom stereocenters. The van der Waals surface area contributed by atoms with Gasteiger partial charge in [-0.3, -0.25) is 28.8 Å². The number of imide groups is 1. The Balaban J connectivity index is 1.26. The maximum absolute atomic E-state index is 12.4. The van der Waals surface area contributed by atoms with Gasteiger partial charge in [-0.05, 0) is 31.9 Å². The number of unbranched alkanes of at least 4 members (excludes halogenated alkanes) is 3. The van der Waals surface area contributed by atoms with Crippen LogP contribution < -0.4 is 11.2 Å². The molecule has 2 aromatic rings. The average Bonchev–Trinajstić information content (AvgIpc) is 3.29. The van der Waals surface area contributed by atoms with Crippen molar-refractivity contribution in [2.45, 2.75) is 57.1 Å². The minimum absolute atomic E-state index is 0.263. The summed E-state index contributed by atoms with van der Waals surface area (Å²) < 4.78 is 12.6. The Kier molecular flexibility index (Phi) is 7.60. The number of aromatic amines is 1. The van der Waals surface area contributed by atoms with Gasteiger partial charge in [0.05, 0.1) is 17.7 Å². The molecule has 4 atom stereocenters. The van der Waals surface area contributed by atoms with E-state index >= 15 is 0 Å². The van der Waals surface area contributed by atoms with Crippen molar-refractivity contribution in [3.05, 3.63) is 68.0 Å². The summed E-state index contributed by atoms with van der Waals surface area (Å²) in [7, 11) is 0. The zero-order chi connectivity index (χ0) is 25.1. The predicted octanol–water partition coefficient (Wildman–Crippen LogP) is 0.337. The third-order valence-electron chi connectivity index (χ3n) is 6.38. The van der Waals surface area contributed by atoms with Crippen molar-refractivity contribution >= 4 is 11.8 Å². The second-order valence-corrected chi connectivity index (χ2v) is 8.77. The van der Waals surface area contributed by atoms with Crippen LogP contribution in [0.25, 0.3) is 0 Å². The molecule has 1 aromatic carbocycles. The molecule has 11 nitrogen and oxygen atoms in total. The standard InChI is InChI=1S/C24H29N3O8/c1-14-12-27(24(33)25-20(14)30)23-19(18(29)17(13-28)35-23)34-11-7-3-2-6-10-26-21(31)15-8-4-5-9-16(15)22(26)32/h4-5,8-9,12,17-19,23,28-29H,2-3,6-7,10-11,13H2,1H3,(H,25,30,33)/t17-,18?,19?,23-/m1/s1. The van der Waals surface area contributed by atoms with Crippen LogP contribution in [0.5, 0.6) is 0 Å². The Morgan fingerprint density at radius 2 is 1.69 bits per heavy atom. The third kappa shape index (κ3) is 4.98. The second kappa shape index (κ2) is 10.6. The first-order valence-electron chi connectivity index (χ1n) is 11.7. The number of aromatic nitrogens is 2. The van der Waals surface area contributed by atoms with Gasteiger partial charge in [-0.2, -0.15) is 0 Å². The first-order chi connectivity index (χ1) is 16.8. The van der Waals surface area contributed by atoms with Gasteiger partial charge in [0.15, 0.2) is 6.23 Å². The normalized spacial score (nSPS) is 23.8. The van der Waals surface area contributed by atoms with Gasteiger partial charge < -0.3 is 19.7 Å². The highest BCUT2D eigenvalue weighted by atomic mass is 16.6. The molecule has 2 amide bonds. The second-order valence-electron chi connectivity index (χ2n) is 8.77. The topological polar surface area (TPSA) is 151 Å². The maximum Gasteiger partial charge on any atom is 0.330 e. The number of rotatable bonds is 10. The van der Waals surface area contributed by atoms with Crippen LogP contribution in [-0.2, 0) is 9.47 Å². The van der Waals surface area contributed by atoms with Crippen molar-refractivity contribution in [1.82, 2.24) is 14.5 Å². The molecule has 4 rings (SSSR count). The fourth-order valence-electron chi connectivity index (χ4n) is 4.44. The van der Waals surface area contributed by atoms with E-state index in [0.717, 1.165) is 17.4 Å². The van der Waals surface area contributed by atoms with Crippen molar-refractivity contribution in [3.8, 4) is 0 Å². The van der Waals surface area contributed by atoms with Gasteiger partial charge in [0.2, 0.25) is 0 Å². The number of aryl methyl sites for hydroxylation is 1. The highest BCUT2D eigenvalue weighted by Crippen LogP contribution is 2.31. The highest BCUT2D eigenvalue weighted by Gasteiger charge is 2.45. The number of hydrogen-bond acceptors (Lipinski definition) is 8. The fourth-order valence-corrected chi connectivity index (χ4v) is 4.44. The van der Waals surface area contributed by atoms with E-state index < -0.39 is 42.4 Å². The Morgan fingerprint density at radius 3 is 2.34 bits per heavy atom. The van der Waals surface area contributed by atoms with Crippen molar-refractivity contribution in [2.24, 2.45) is 0 Å². The van der Waals surface area contributed by atoms with E-state index in [1.807, 2.05) is 0 Å². The number of fused-ring (bicyclic) bond motifs is 1. The van der Waals surface area contributed by atoms with Gasteiger partial charge in [-0.1, -0.05) is 25.0 Å². The summed E-state index contributed by atoms with van der Waals surface area (Å²) in [6.45, 7) is 1.70. The molecule has 2 aliphatic heterocycles. The SMILES string of the molecule is Cc1cn([C@@H]2O[C@H](CO)C(O)C2OCCCCCCN2C(=O)c3ccccc3C2=O)c(=O)[nH]c1=O.